The summed E-state index contributed by atoms with van der Waals surface area (Å²) in [7, 11) is 0. The number of amides is 1. The number of carbonyl (C=O) groups excluding carboxylic acids is 1. The van der Waals surface area contributed by atoms with Gasteiger partial charge in [-0.25, -0.2) is 4.98 Å². The summed E-state index contributed by atoms with van der Waals surface area (Å²) in [5, 5.41) is 3.58. The molecule has 0 radical (unpaired) electrons. The molecule has 0 aliphatic carbocycles. The Bertz CT molecular complexity index is 1370. The molecule has 1 amide bonds. The van der Waals surface area contributed by atoms with Crippen molar-refractivity contribution in [1.29, 1.82) is 0 Å². The SMILES string of the molecule is Cc1ccc(-c2nc(NC(=O)c3ccc(-c4ccccc4)cc3)sc2-c2ccccc2)cc1. The van der Waals surface area contributed by atoms with Crippen molar-refractivity contribution in [2.75, 3.05) is 5.32 Å². The molecule has 4 aromatic carbocycles. The van der Waals surface area contributed by atoms with Crippen molar-refractivity contribution in [2.24, 2.45) is 0 Å². The Kier molecular flexibility index (Phi) is 5.83. The summed E-state index contributed by atoms with van der Waals surface area (Å²) < 4.78 is 0. The van der Waals surface area contributed by atoms with Crippen molar-refractivity contribution < 1.29 is 4.79 Å². The molecule has 0 spiro atoms. The number of aryl methyl sites for hydroxylation is 1. The van der Waals surface area contributed by atoms with Gasteiger partial charge in [0.15, 0.2) is 5.13 Å². The normalized spacial score (nSPS) is 10.7. The number of anilines is 1. The fraction of sp³-hybridized carbons (Fsp3) is 0.0345. The summed E-state index contributed by atoms with van der Waals surface area (Å²) in [4.78, 5) is 18.8. The van der Waals surface area contributed by atoms with Crippen molar-refractivity contribution >= 4 is 22.4 Å². The number of carbonyl (C=O) groups is 1. The number of rotatable bonds is 5. The predicted octanol–water partition coefficient (Wildman–Crippen LogP) is 7.70. The van der Waals surface area contributed by atoms with Gasteiger partial charge in [-0.2, -0.15) is 0 Å². The third kappa shape index (κ3) is 4.61. The number of hydrogen-bond acceptors (Lipinski definition) is 3. The van der Waals surface area contributed by atoms with Crippen molar-refractivity contribution in [2.45, 2.75) is 6.92 Å². The van der Waals surface area contributed by atoms with E-state index in [1.54, 1.807) is 0 Å². The number of nitrogens with one attached hydrogen (secondary N) is 1. The molecule has 5 aromatic rings. The predicted molar refractivity (Wildman–Crippen MR) is 138 cm³/mol. The Hall–Kier alpha value is -4.02. The van der Waals surface area contributed by atoms with Crippen LogP contribution in [0.4, 0.5) is 5.13 Å². The largest absolute Gasteiger partial charge is 0.298 e. The van der Waals surface area contributed by atoms with Gasteiger partial charge < -0.3 is 0 Å². The van der Waals surface area contributed by atoms with E-state index in [0.29, 0.717) is 10.7 Å². The zero-order valence-corrected chi connectivity index (χ0v) is 19.0. The second kappa shape index (κ2) is 9.23. The highest BCUT2D eigenvalue weighted by atomic mass is 32.1. The van der Waals surface area contributed by atoms with Gasteiger partial charge in [-0.15, -0.1) is 0 Å². The summed E-state index contributed by atoms with van der Waals surface area (Å²) in [6.07, 6.45) is 0. The van der Waals surface area contributed by atoms with Crippen molar-refractivity contribution in [3.8, 4) is 32.8 Å². The van der Waals surface area contributed by atoms with Gasteiger partial charge in [0.1, 0.15) is 0 Å². The minimum atomic E-state index is -0.168. The van der Waals surface area contributed by atoms with Crippen LogP contribution in [0.2, 0.25) is 0 Å². The topological polar surface area (TPSA) is 42.0 Å². The van der Waals surface area contributed by atoms with Crippen molar-refractivity contribution in [1.82, 2.24) is 4.98 Å². The van der Waals surface area contributed by atoms with Gasteiger partial charge in [0, 0.05) is 11.1 Å². The first-order chi connectivity index (χ1) is 16.2. The Balaban J connectivity index is 1.43. The van der Waals surface area contributed by atoms with Gasteiger partial charge in [0.2, 0.25) is 0 Å². The fourth-order valence-corrected chi connectivity index (χ4v) is 4.67. The van der Waals surface area contributed by atoms with E-state index in [4.69, 9.17) is 4.98 Å². The molecular weight excluding hydrogens is 424 g/mol. The third-order valence-corrected chi connectivity index (χ3v) is 6.48. The second-order valence-corrected chi connectivity index (χ2v) is 8.83. The summed E-state index contributed by atoms with van der Waals surface area (Å²) in [5.74, 6) is -0.168. The lowest BCUT2D eigenvalue weighted by atomic mass is 10.0. The summed E-state index contributed by atoms with van der Waals surface area (Å²) in [5.41, 5.74) is 6.99. The Morgan fingerprint density at radius 1 is 0.667 bits per heavy atom. The molecule has 0 saturated heterocycles. The Morgan fingerprint density at radius 3 is 1.85 bits per heavy atom. The first-order valence-corrected chi connectivity index (χ1v) is 11.6. The molecule has 0 fully saturated rings. The highest BCUT2D eigenvalue weighted by Gasteiger charge is 2.17. The average Bonchev–Trinajstić information content (AvgIpc) is 3.29. The Labute approximate surface area is 197 Å². The van der Waals surface area contributed by atoms with Crippen molar-refractivity contribution in [3.63, 3.8) is 0 Å². The molecule has 4 heteroatoms. The van der Waals surface area contributed by atoms with Gasteiger partial charge >= 0.3 is 0 Å². The molecule has 160 valence electrons. The number of thiazole rings is 1. The minimum Gasteiger partial charge on any atom is -0.298 e. The highest BCUT2D eigenvalue weighted by Crippen LogP contribution is 2.39. The van der Waals surface area contributed by atoms with Crippen molar-refractivity contribution in [3.05, 3.63) is 120 Å². The number of benzene rings is 4. The molecular formula is C29H22N2OS. The third-order valence-electron chi connectivity index (χ3n) is 5.46. The number of aromatic nitrogens is 1. The molecule has 0 aliphatic heterocycles. The summed E-state index contributed by atoms with van der Waals surface area (Å²) >= 11 is 1.49. The van der Waals surface area contributed by atoms with Gasteiger partial charge in [0.05, 0.1) is 10.6 Å². The van der Waals surface area contributed by atoms with E-state index in [1.165, 1.54) is 16.9 Å². The lowest BCUT2D eigenvalue weighted by Gasteiger charge is -2.04. The molecule has 3 nitrogen and oxygen atoms in total. The maximum atomic E-state index is 13.0. The van der Waals surface area contributed by atoms with Crippen LogP contribution in [0.1, 0.15) is 15.9 Å². The van der Waals surface area contributed by atoms with Gasteiger partial charge in [-0.05, 0) is 35.7 Å². The van der Waals surface area contributed by atoms with Gasteiger partial charge in [-0.3, -0.25) is 10.1 Å². The average molecular weight is 447 g/mol. The maximum absolute atomic E-state index is 13.0. The monoisotopic (exact) mass is 446 g/mol. The van der Waals surface area contributed by atoms with Crippen LogP contribution in [0.3, 0.4) is 0 Å². The standard InChI is InChI=1S/C29H22N2OS/c1-20-12-14-23(15-13-20)26-27(24-10-6-3-7-11-24)33-29(30-26)31-28(32)25-18-16-22(17-19-25)21-8-4-2-5-9-21/h2-19H,1H3,(H,30,31,32). The summed E-state index contributed by atoms with van der Waals surface area (Å²) in [6, 6.07) is 36.2. The lowest BCUT2D eigenvalue weighted by Crippen LogP contribution is -2.11. The van der Waals surface area contributed by atoms with Crippen LogP contribution < -0.4 is 5.32 Å². The van der Waals surface area contributed by atoms with E-state index in [-0.39, 0.29) is 5.91 Å². The molecule has 1 aromatic heterocycles. The molecule has 1 N–H and O–H groups in total. The second-order valence-electron chi connectivity index (χ2n) is 7.83. The van der Waals surface area contributed by atoms with E-state index in [1.807, 2.05) is 60.7 Å². The molecule has 33 heavy (non-hydrogen) atoms. The lowest BCUT2D eigenvalue weighted by molar-refractivity contribution is 0.102. The molecule has 0 bridgehead atoms. The maximum Gasteiger partial charge on any atom is 0.257 e. The molecule has 0 atom stereocenters. The van der Waals surface area contributed by atoms with Crippen LogP contribution in [0, 0.1) is 6.92 Å². The van der Waals surface area contributed by atoms with Crippen LogP contribution in [-0.4, -0.2) is 10.9 Å². The first kappa shape index (κ1) is 20.9. The van der Waals surface area contributed by atoms with Gasteiger partial charge in [-0.1, -0.05) is 114 Å². The van der Waals surface area contributed by atoms with E-state index < -0.39 is 0 Å². The zero-order valence-electron chi connectivity index (χ0n) is 18.2. The highest BCUT2D eigenvalue weighted by molar-refractivity contribution is 7.19. The van der Waals surface area contributed by atoms with E-state index in [9.17, 15) is 4.79 Å². The molecule has 0 unspecified atom stereocenters. The van der Waals surface area contributed by atoms with Crippen LogP contribution in [0.5, 0.6) is 0 Å². The molecule has 5 rings (SSSR count). The molecule has 1 heterocycles. The summed E-state index contributed by atoms with van der Waals surface area (Å²) in [6.45, 7) is 2.07. The van der Waals surface area contributed by atoms with Crippen LogP contribution in [-0.2, 0) is 0 Å². The first-order valence-electron chi connectivity index (χ1n) is 10.8. The van der Waals surface area contributed by atoms with Crippen LogP contribution in [0.15, 0.2) is 109 Å². The van der Waals surface area contributed by atoms with Crippen LogP contribution in [0.25, 0.3) is 32.8 Å². The zero-order chi connectivity index (χ0) is 22.6. The number of nitrogens with zero attached hydrogens (tertiary/aromatic N) is 1. The van der Waals surface area contributed by atoms with E-state index >= 15 is 0 Å². The minimum absolute atomic E-state index is 0.168. The van der Waals surface area contributed by atoms with Gasteiger partial charge in [0.25, 0.3) is 5.91 Å². The molecule has 0 saturated carbocycles. The Morgan fingerprint density at radius 2 is 1.21 bits per heavy atom. The smallest absolute Gasteiger partial charge is 0.257 e. The van der Waals surface area contributed by atoms with E-state index in [0.717, 1.165) is 32.8 Å². The fourth-order valence-electron chi connectivity index (χ4n) is 3.68. The van der Waals surface area contributed by atoms with Crippen LogP contribution >= 0.6 is 11.3 Å². The quantitative estimate of drug-likeness (QED) is 0.300. The van der Waals surface area contributed by atoms with E-state index in [2.05, 4.69) is 60.8 Å². The number of hydrogen-bond donors (Lipinski definition) is 1. The molecule has 0 aliphatic rings.